The van der Waals surface area contributed by atoms with Crippen LogP contribution in [0.15, 0.2) is 18.2 Å². The van der Waals surface area contributed by atoms with Gasteiger partial charge in [-0.2, -0.15) is 0 Å². The molecule has 0 bridgehead atoms. The van der Waals surface area contributed by atoms with E-state index in [0.717, 1.165) is 30.8 Å². The van der Waals surface area contributed by atoms with E-state index in [-0.39, 0.29) is 19.0 Å². The Hall–Kier alpha value is -1.56. The lowest BCUT2D eigenvalue weighted by Crippen LogP contribution is -2.16. The summed E-state index contributed by atoms with van der Waals surface area (Å²) in [4.78, 5) is 12.6. The summed E-state index contributed by atoms with van der Waals surface area (Å²) in [6.07, 6.45) is 1.02. The maximum absolute atomic E-state index is 10.8. The molecule has 1 aromatic rings. The van der Waals surface area contributed by atoms with Crippen molar-refractivity contribution in [2.75, 3.05) is 32.5 Å². The van der Waals surface area contributed by atoms with E-state index in [1.54, 1.807) is 12.1 Å². The molecular weight excluding hydrogens is 229 g/mol. The molecular formula is C12H17BN3O2. The van der Waals surface area contributed by atoms with Crippen molar-refractivity contribution in [1.82, 2.24) is 4.90 Å². The number of benzene rings is 1. The Morgan fingerprint density at radius 2 is 2.22 bits per heavy atom. The smallest absolute Gasteiger partial charge is 0.269 e. The number of hydrogen-bond acceptors (Lipinski definition) is 4. The number of hydrogen-bond donors (Lipinski definition) is 1. The molecule has 5 nitrogen and oxygen atoms in total. The fourth-order valence-corrected chi connectivity index (χ4v) is 2.18. The van der Waals surface area contributed by atoms with Gasteiger partial charge in [-0.25, -0.2) is 0 Å². The van der Waals surface area contributed by atoms with Gasteiger partial charge < -0.3 is 10.2 Å². The molecule has 1 aromatic carbocycles. The fraction of sp³-hybridized carbons (Fsp3) is 0.500. The van der Waals surface area contributed by atoms with E-state index in [1.807, 2.05) is 20.2 Å². The lowest BCUT2D eigenvalue weighted by molar-refractivity contribution is -0.384. The number of nitrogens with one attached hydrogen (secondary N) is 1. The molecule has 2 rings (SSSR count). The molecule has 0 fully saturated rings. The number of rotatable bonds is 4. The van der Waals surface area contributed by atoms with E-state index in [2.05, 4.69) is 10.2 Å². The summed E-state index contributed by atoms with van der Waals surface area (Å²) in [6.45, 7) is 1.87. The second-order valence-corrected chi connectivity index (χ2v) is 4.70. The van der Waals surface area contributed by atoms with Gasteiger partial charge in [0, 0.05) is 38.7 Å². The third-order valence-electron chi connectivity index (χ3n) is 3.15. The Labute approximate surface area is 109 Å². The normalized spacial score (nSPS) is 16.9. The lowest BCUT2D eigenvalue weighted by Gasteiger charge is -2.14. The summed E-state index contributed by atoms with van der Waals surface area (Å²) in [5, 5.41) is 14.0. The predicted molar refractivity (Wildman–Crippen MR) is 73.3 cm³/mol. The third-order valence-corrected chi connectivity index (χ3v) is 3.15. The monoisotopic (exact) mass is 246 g/mol. The highest BCUT2D eigenvalue weighted by Gasteiger charge is 2.24. The largest absolute Gasteiger partial charge is 0.384 e. The number of nitro benzene ring substituents is 1. The van der Waals surface area contributed by atoms with E-state index in [0.29, 0.717) is 5.92 Å². The molecule has 1 aliphatic heterocycles. The van der Waals surface area contributed by atoms with Crippen LogP contribution in [-0.2, 0) is 0 Å². The van der Waals surface area contributed by atoms with Crippen LogP contribution in [0.5, 0.6) is 0 Å². The zero-order valence-electron chi connectivity index (χ0n) is 10.7. The molecule has 1 aliphatic rings. The molecule has 0 saturated heterocycles. The minimum absolute atomic E-state index is 0. The summed E-state index contributed by atoms with van der Waals surface area (Å²) in [5.74, 6) is 0.382. The molecule has 0 amide bonds. The van der Waals surface area contributed by atoms with Crippen molar-refractivity contribution in [3.8, 4) is 0 Å². The molecule has 3 radical (unpaired) electrons. The highest BCUT2D eigenvalue weighted by Crippen LogP contribution is 2.35. The Kier molecular flexibility index (Phi) is 4.72. The van der Waals surface area contributed by atoms with Crippen molar-refractivity contribution in [2.24, 2.45) is 0 Å². The molecule has 0 aliphatic carbocycles. The van der Waals surface area contributed by atoms with E-state index < -0.39 is 0 Å². The van der Waals surface area contributed by atoms with E-state index in [4.69, 9.17) is 0 Å². The van der Waals surface area contributed by atoms with Crippen molar-refractivity contribution >= 4 is 19.8 Å². The topological polar surface area (TPSA) is 58.4 Å². The van der Waals surface area contributed by atoms with Gasteiger partial charge in [0.05, 0.1) is 4.92 Å². The SMILES string of the molecule is CN(C)CCC1CNc2ccc([N+](=O)[O-])cc21.[B]. The zero-order chi connectivity index (χ0) is 12.4. The van der Waals surface area contributed by atoms with Crippen LogP contribution in [0.25, 0.3) is 0 Å². The maximum atomic E-state index is 10.8. The van der Waals surface area contributed by atoms with Gasteiger partial charge in [-0.15, -0.1) is 0 Å². The molecule has 1 N–H and O–H groups in total. The average molecular weight is 246 g/mol. The minimum Gasteiger partial charge on any atom is -0.384 e. The number of fused-ring (bicyclic) bond motifs is 1. The first kappa shape index (κ1) is 14.5. The first-order valence-electron chi connectivity index (χ1n) is 5.75. The van der Waals surface area contributed by atoms with Crippen molar-refractivity contribution < 1.29 is 4.92 Å². The molecule has 6 heteroatoms. The van der Waals surface area contributed by atoms with Crippen LogP contribution in [0.4, 0.5) is 11.4 Å². The zero-order valence-corrected chi connectivity index (χ0v) is 10.7. The van der Waals surface area contributed by atoms with Gasteiger partial charge in [0.15, 0.2) is 0 Å². The summed E-state index contributed by atoms with van der Waals surface area (Å²) in [6, 6.07) is 5.07. The summed E-state index contributed by atoms with van der Waals surface area (Å²) < 4.78 is 0. The van der Waals surface area contributed by atoms with Crippen molar-refractivity contribution in [3.63, 3.8) is 0 Å². The van der Waals surface area contributed by atoms with E-state index in [9.17, 15) is 10.1 Å². The Morgan fingerprint density at radius 3 is 2.83 bits per heavy atom. The van der Waals surface area contributed by atoms with Gasteiger partial charge in [0.2, 0.25) is 0 Å². The van der Waals surface area contributed by atoms with Crippen LogP contribution < -0.4 is 5.32 Å². The Balaban J connectivity index is 0.00000162. The molecule has 18 heavy (non-hydrogen) atoms. The van der Waals surface area contributed by atoms with Crippen LogP contribution in [0, 0.1) is 10.1 Å². The first-order chi connectivity index (χ1) is 8.08. The van der Waals surface area contributed by atoms with Crippen LogP contribution in [0.2, 0.25) is 0 Å². The molecule has 95 valence electrons. The van der Waals surface area contributed by atoms with Gasteiger partial charge in [-0.05, 0) is 38.7 Å². The third kappa shape index (κ3) is 3.01. The maximum Gasteiger partial charge on any atom is 0.269 e. The predicted octanol–water partition coefficient (Wildman–Crippen LogP) is 1.67. The highest BCUT2D eigenvalue weighted by molar-refractivity contribution is 5.75. The van der Waals surface area contributed by atoms with Crippen LogP contribution in [-0.4, -0.2) is 45.4 Å². The number of nitro groups is 1. The molecule has 1 unspecified atom stereocenters. The average Bonchev–Trinajstić information content (AvgIpc) is 2.68. The van der Waals surface area contributed by atoms with E-state index in [1.165, 1.54) is 0 Å². The standard InChI is InChI=1S/C12H17N3O2.B/c1-14(2)6-5-9-8-13-12-4-3-10(15(16)17)7-11(9)12;/h3-4,7,9,13H,5-6,8H2,1-2H3;. The van der Waals surface area contributed by atoms with Gasteiger partial charge in [0.1, 0.15) is 0 Å². The Bertz CT molecular complexity index is 437. The van der Waals surface area contributed by atoms with Gasteiger partial charge >= 0.3 is 0 Å². The lowest BCUT2D eigenvalue weighted by atomic mass is 9.97. The van der Waals surface area contributed by atoms with Gasteiger partial charge in [-0.1, -0.05) is 0 Å². The summed E-state index contributed by atoms with van der Waals surface area (Å²) >= 11 is 0. The quantitative estimate of drug-likeness (QED) is 0.498. The van der Waals surface area contributed by atoms with Crippen LogP contribution in [0.3, 0.4) is 0 Å². The molecule has 1 atom stereocenters. The number of anilines is 1. The summed E-state index contributed by atoms with van der Waals surface area (Å²) in [5.41, 5.74) is 2.31. The molecule has 0 spiro atoms. The molecule has 1 heterocycles. The fourth-order valence-electron chi connectivity index (χ4n) is 2.18. The molecule has 0 saturated carbocycles. The number of non-ortho nitro benzene ring substituents is 1. The van der Waals surface area contributed by atoms with Gasteiger partial charge in [-0.3, -0.25) is 10.1 Å². The van der Waals surface area contributed by atoms with Crippen molar-refractivity contribution in [1.29, 1.82) is 0 Å². The summed E-state index contributed by atoms with van der Waals surface area (Å²) in [7, 11) is 4.08. The van der Waals surface area contributed by atoms with Crippen molar-refractivity contribution in [3.05, 3.63) is 33.9 Å². The first-order valence-corrected chi connectivity index (χ1v) is 5.75. The number of nitrogens with zero attached hydrogens (tertiary/aromatic N) is 2. The second kappa shape index (κ2) is 5.86. The molecule has 0 aromatic heterocycles. The highest BCUT2D eigenvalue weighted by atomic mass is 16.6. The van der Waals surface area contributed by atoms with E-state index >= 15 is 0 Å². The van der Waals surface area contributed by atoms with Crippen LogP contribution in [0.1, 0.15) is 17.9 Å². The Morgan fingerprint density at radius 1 is 1.50 bits per heavy atom. The van der Waals surface area contributed by atoms with Crippen LogP contribution >= 0.6 is 0 Å². The minimum atomic E-state index is -0.332. The van der Waals surface area contributed by atoms with Crippen molar-refractivity contribution in [2.45, 2.75) is 12.3 Å². The van der Waals surface area contributed by atoms with Gasteiger partial charge in [0.25, 0.3) is 5.69 Å². The second-order valence-electron chi connectivity index (χ2n) is 4.70.